The molecule has 0 radical (unpaired) electrons. The van der Waals surface area contributed by atoms with Gasteiger partial charge in [-0.1, -0.05) is 50.8 Å². The number of nitrogens with one attached hydrogen (secondary N) is 1. The van der Waals surface area contributed by atoms with Crippen molar-refractivity contribution in [3.8, 4) is 0 Å². The monoisotopic (exact) mass is 227 g/mol. The Kier molecular flexibility index (Phi) is 5.28. The molecular formula is C16H21N. The van der Waals surface area contributed by atoms with E-state index in [2.05, 4.69) is 56.1 Å². The molecule has 0 saturated carbocycles. The lowest BCUT2D eigenvalue weighted by atomic mass is 9.98. The predicted octanol–water partition coefficient (Wildman–Crippen LogP) is 4.46. The first kappa shape index (κ1) is 13.3. The molecule has 0 saturated heterocycles. The Morgan fingerprint density at radius 1 is 1.24 bits per heavy atom. The highest BCUT2D eigenvalue weighted by Gasteiger charge is 2.00. The molecule has 0 unspecified atom stereocenters. The summed E-state index contributed by atoms with van der Waals surface area (Å²) in [5.41, 5.74) is 3.81. The Morgan fingerprint density at radius 3 is 2.35 bits per heavy atom. The molecule has 1 heteroatoms. The van der Waals surface area contributed by atoms with E-state index in [9.17, 15) is 0 Å². The van der Waals surface area contributed by atoms with Gasteiger partial charge in [0.1, 0.15) is 0 Å². The van der Waals surface area contributed by atoms with Crippen molar-refractivity contribution in [2.75, 3.05) is 0 Å². The maximum atomic E-state index is 3.61. The third kappa shape index (κ3) is 3.95. The molecule has 0 fully saturated rings. The zero-order valence-corrected chi connectivity index (χ0v) is 10.9. The molecule has 0 aliphatic carbocycles. The molecule has 0 aliphatic heterocycles. The zero-order valence-electron chi connectivity index (χ0n) is 10.9. The van der Waals surface area contributed by atoms with Crippen molar-refractivity contribution in [1.29, 1.82) is 0 Å². The molecule has 0 aliphatic rings. The van der Waals surface area contributed by atoms with Crippen LogP contribution in [0.2, 0.25) is 0 Å². The highest BCUT2D eigenvalue weighted by Crippen LogP contribution is 2.20. The fourth-order valence-corrected chi connectivity index (χ4v) is 1.63. The number of rotatable bonds is 5. The Bertz CT molecular complexity index is 408. The molecular weight excluding hydrogens is 206 g/mol. The Labute approximate surface area is 105 Å². The minimum atomic E-state index is 0.580. The highest BCUT2D eigenvalue weighted by atomic mass is 14.8. The number of allylic oxidation sites excluding steroid dienone is 3. The first-order valence-electron chi connectivity index (χ1n) is 5.99. The molecule has 1 nitrogen and oxygen atoms in total. The summed E-state index contributed by atoms with van der Waals surface area (Å²) in [5, 5.41) is 2.95. The Balaban J connectivity index is 2.87. The van der Waals surface area contributed by atoms with Crippen molar-refractivity contribution >= 4 is 5.57 Å². The van der Waals surface area contributed by atoms with E-state index < -0.39 is 0 Å². The summed E-state index contributed by atoms with van der Waals surface area (Å²) in [6, 6.07) is 8.72. The average molecular weight is 227 g/mol. The topological polar surface area (TPSA) is 12.0 Å². The molecule has 17 heavy (non-hydrogen) atoms. The van der Waals surface area contributed by atoms with E-state index in [1.54, 1.807) is 6.20 Å². The van der Waals surface area contributed by atoms with Gasteiger partial charge in [-0.2, -0.15) is 0 Å². The van der Waals surface area contributed by atoms with Gasteiger partial charge in [0.25, 0.3) is 0 Å². The SMILES string of the molecule is C=CN/C=C\C(=C/C)c1ccc(C(C)C)cc1. The van der Waals surface area contributed by atoms with Crippen LogP contribution in [0.4, 0.5) is 0 Å². The van der Waals surface area contributed by atoms with Gasteiger partial charge in [-0.15, -0.1) is 0 Å². The smallest absolute Gasteiger partial charge is 0.00103 e. The minimum Gasteiger partial charge on any atom is -0.368 e. The van der Waals surface area contributed by atoms with Gasteiger partial charge in [0.15, 0.2) is 0 Å². The third-order valence-electron chi connectivity index (χ3n) is 2.70. The van der Waals surface area contributed by atoms with Crippen LogP contribution in [0.3, 0.4) is 0 Å². The summed E-state index contributed by atoms with van der Waals surface area (Å²) >= 11 is 0. The van der Waals surface area contributed by atoms with E-state index in [1.807, 2.05) is 19.2 Å². The van der Waals surface area contributed by atoms with Gasteiger partial charge in [0, 0.05) is 6.20 Å². The molecule has 1 N–H and O–H groups in total. The molecule has 1 aromatic carbocycles. The molecule has 0 amide bonds. The first-order chi connectivity index (χ1) is 8.19. The van der Waals surface area contributed by atoms with Gasteiger partial charge < -0.3 is 5.32 Å². The van der Waals surface area contributed by atoms with E-state index >= 15 is 0 Å². The van der Waals surface area contributed by atoms with Crippen molar-refractivity contribution in [2.24, 2.45) is 0 Å². The summed E-state index contributed by atoms with van der Waals surface area (Å²) < 4.78 is 0. The second kappa shape index (κ2) is 6.74. The van der Waals surface area contributed by atoms with Gasteiger partial charge in [-0.25, -0.2) is 0 Å². The molecule has 1 aromatic rings. The fourth-order valence-electron chi connectivity index (χ4n) is 1.63. The van der Waals surface area contributed by atoms with E-state index in [0.29, 0.717) is 5.92 Å². The second-order valence-corrected chi connectivity index (χ2v) is 4.22. The molecule has 0 bridgehead atoms. The fraction of sp³-hybridized carbons (Fsp3) is 0.250. The molecule has 0 spiro atoms. The van der Waals surface area contributed by atoms with Crippen LogP contribution in [0, 0.1) is 0 Å². The lowest BCUT2D eigenvalue weighted by Gasteiger charge is -2.07. The average Bonchev–Trinajstić information content (AvgIpc) is 2.35. The Hall–Kier alpha value is -1.76. The number of hydrogen-bond acceptors (Lipinski definition) is 1. The maximum Gasteiger partial charge on any atom is 0.00103 e. The normalized spacial score (nSPS) is 12.1. The van der Waals surface area contributed by atoms with Crippen LogP contribution in [-0.4, -0.2) is 0 Å². The summed E-state index contributed by atoms with van der Waals surface area (Å²) in [5.74, 6) is 0.580. The molecule has 0 heterocycles. The lowest BCUT2D eigenvalue weighted by Crippen LogP contribution is -1.91. The second-order valence-electron chi connectivity index (χ2n) is 4.22. The van der Waals surface area contributed by atoms with Gasteiger partial charge in [-0.05, 0) is 41.8 Å². The zero-order chi connectivity index (χ0) is 12.7. The summed E-state index contributed by atoms with van der Waals surface area (Å²) in [6.45, 7) is 10.1. The van der Waals surface area contributed by atoms with Crippen LogP contribution in [0.1, 0.15) is 37.8 Å². The van der Waals surface area contributed by atoms with Crippen molar-refractivity contribution in [2.45, 2.75) is 26.7 Å². The largest absolute Gasteiger partial charge is 0.368 e. The van der Waals surface area contributed by atoms with Crippen molar-refractivity contribution in [3.63, 3.8) is 0 Å². The molecule has 0 atom stereocenters. The first-order valence-corrected chi connectivity index (χ1v) is 5.99. The van der Waals surface area contributed by atoms with Gasteiger partial charge in [0.05, 0.1) is 0 Å². The van der Waals surface area contributed by atoms with Crippen molar-refractivity contribution in [1.82, 2.24) is 5.32 Å². The van der Waals surface area contributed by atoms with Crippen LogP contribution < -0.4 is 5.32 Å². The van der Waals surface area contributed by atoms with Crippen molar-refractivity contribution in [3.05, 3.63) is 66.5 Å². The van der Waals surface area contributed by atoms with Crippen molar-refractivity contribution < 1.29 is 0 Å². The molecule has 1 rings (SSSR count). The van der Waals surface area contributed by atoms with Crippen LogP contribution >= 0.6 is 0 Å². The lowest BCUT2D eigenvalue weighted by molar-refractivity contribution is 0.866. The number of hydrogen-bond donors (Lipinski definition) is 1. The van der Waals surface area contributed by atoms with Gasteiger partial charge in [-0.3, -0.25) is 0 Å². The minimum absolute atomic E-state index is 0.580. The third-order valence-corrected chi connectivity index (χ3v) is 2.70. The van der Waals surface area contributed by atoms with E-state index in [-0.39, 0.29) is 0 Å². The van der Waals surface area contributed by atoms with E-state index in [1.165, 1.54) is 16.7 Å². The molecule has 0 aromatic heterocycles. The van der Waals surface area contributed by atoms with Crippen LogP contribution in [0.5, 0.6) is 0 Å². The predicted molar refractivity (Wildman–Crippen MR) is 76.7 cm³/mol. The summed E-state index contributed by atoms with van der Waals surface area (Å²) in [6.07, 6.45) is 7.70. The summed E-state index contributed by atoms with van der Waals surface area (Å²) in [4.78, 5) is 0. The highest BCUT2D eigenvalue weighted by molar-refractivity contribution is 5.73. The standard InChI is InChI=1S/C16H21N/c1-5-14(11-12-17-6-2)16-9-7-15(8-10-16)13(3)4/h5-13,17H,2H2,1,3-4H3/b12-11-,14-5+. The quantitative estimate of drug-likeness (QED) is 0.732. The van der Waals surface area contributed by atoms with E-state index in [4.69, 9.17) is 0 Å². The number of benzene rings is 1. The van der Waals surface area contributed by atoms with Crippen LogP contribution in [-0.2, 0) is 0 Å². The molecule has 90 valence electrons. The Morgan fingerprint density at radius 2 is 1.88 bits per heavy atom. The van der Waals surface area contributed by atoms with Gasteiger partial charge in [0.2, 0.25) is 0 Å². The van der Waals surface area contributed by atoms with Gasteiger partial charge >= 0.3 is 0 Å². The maximum absolute atomic E-state index is 3.61. The van der Waals surface area contributed by atoms with Crippen LogP contribution in [0.25, 0.3) is 5.57 Å². The summed E-state index contributed by atoms with van der Waals surface area (Å²) in [7, 11) is 0. The van der Waals surface area contributed by atoms with E-state index in [0.717, 1.165) is 0 Å². The van der Waals surface area contributed by atoms with Crippen LogP contribution in [0.15, 0.2) is 55.4 Å².